The summed E-state index contributed by atoms with van der Waals surface area (Å²) in [6.45, 7) is 6.52. The van der Waals surface area contributed by atoms with Gasteiger partial charge >= 0.3 is 0 Å². The Bertz CT molecular complexity index is 197. The second-order valence-electron chi connectivity index (χ2n) is 5.36. The molecule has 1 saturated carbocycles. The normalized spacial score (nSPS) is 17.3. The molecule has 0 amide bonds. The molecule has 0 aliphatic heterocycles. The first-order valence-electron chi connectivity index (χ1n) is 7.24. The average Bonchev–Trinajstić information content (AvgIpc) is 3.14. The van der Waals surface area contributed by atoms with E-state index in [4.69, 9.17) is 9.47 Å². The molecule has 1 fully saturated rings. The Hall–Kier alpha value is -0.160. The Kier molecular flexibility index (Phi) is 8.59. The maximum absolute atomic E-state index is 9.77. The van der Waals surface area contributed by atoms with E-state index < -0.39 is 6.10 Å². The van der Waals surface area contributed by atoms with Crippen molar-refractivity contribution in [2.75, 3.05) is 46.6 Å². The van der Waals surface area contributed by atoms with Gasteiger partial charge in [0.15, 0.2) is 0 Å². The largest absolute Gasteiger partial charge is 0.389 e. The third-order valence-electron chi connectivity index (χ3n) is 3.14. The molecule has 1 rings (SSSR count). The zero-order valence-electron chi connectivity index (χ0n) is 11.9. The lowest BCUT2D eigenvalue weighted by atomic mass is 10.3. The van der Waals surface area contributed by atoms with Gasteiger partial charge in [0.25, 0.3) is 0 Å². The van der Waals surface area contributed by atoms with Gasteiger partial charge in [-0.2, -0.15) is 0 Å². The summed E-state index contributed by atoms with van der Waals surface area (Å²) < 4.78 is 11.0. The third-order valence-corrected chi connectivity index (χ3v) is 3.14. The van der Waals surface area contributed by atoms with Crippen LogP contribution in [-0.2, 0) is 9.47 Å². The van der Waals surface area contributed by atoms with Crippen LogP contribution in [0.1, 0.15) is 32.6 Å². The monoisotopic (exact) mass is 259 g/mol. The smallest absolute Gasteiger partial charge is 0.0900 e. The molecule has 0 aromatic carbocycles. The number of rotatable bonds is 12. The van der Waals surface area contributed by atoms with Crippen molar-refractivity contribution in [3.63, 3.8) is 0 Å². The van der Waals surface area contributed by atoms with Crippen molar-refractivity contribution in [1.82, 2.24) is 4.90 Å². The predicted octanol–water partition coefficient (Wildman–Crippen LogP) is 1.52. The predicted molar refractivity (Wildman–Crippen MR) is 72.8 cm³/mol. The van der Waals surface area contributed by atoms with Crippen molar-refractivity contribution >= 4 is 0 Å². The minimum Gasteiger partial charge on any atom is -0.389 e. The summed E-state index contributed by atoms with van der Waals surface area (Å²) in [5.74, 6) is 0.827. The summed E-state index contributed by atoms with van der Waals surface area (Å²) >= 11 is 0. The summed E-state index contributed by atoms with van der Waals surface area (Å²) in [5, 5.41) is 9.77. The maximum atomic E-state index is 9.77. The quantitative estimate of drug-likeness (QED) is 0.540. The number of likely N-dealkylation sites (N-methyl/N-ethyl adjacent to an activating group) is 1. The van der Waals surface area contributed by atoms with Gasteiger partial charge < -0.3 is 19.5 Å². The molecule has 0 heterocycles. The van der Waals surface area contributed by atoms with Crippen molar-refractivity contribution in [2.45, 2.75) is 38.7 Å². The van der Waals surface area contributed by atoms with Gasteiger partial charge in [-0.15, -0.1) is 0 Å². The lowest BCUT2D eigenvalue weighted by Crippen LogP contribution is -2.34. The molecular formula is C14H29NO3. The number of aliphatic hydroxyl groups excluding tert-OH is 1. The highest BCUT2D eigenvalue weighted by Crippen LogP contribution is 2.28. The lowest BCUT2D eigenvalue weighted by molar-refractivity contribution is 0.0144. The van der Waals surface area contributed by atoms with Crippen LogP contribution in [0.2, 0.25) is 0 Å². The number of aliphatic hydroxyl groups is 1. The molecule has 4 nitrogen and oxygen atoms in total. The lowest BCUT2D eigenvalue weighted by Gasteiger charge is -2.20. The van der Waals surface area contributed by atoms with Crippen LogP contribution in [0.3, 0.4) is 0 Å². The van der Waals surface area contributed by atoms with Crippen molar-refractivity contribution in [2.24, 2.45) is 5.92 Å². The minimum absolute atomic E-state index is 0.393. The second kappa shape index (κ2) is 9.73. The first kappa shape index (κ1) is 15.9. The van der Waals surface area contributed by atoms with E-state index in [1.54, 1.807) is 0 Å². The van der Waals surface area contributed by atoms with Crippen molar-refractivity contribution < 1.29 is 14.6 Å². The maximum Gasteiger partial charge on any atom is 0.0900 e. The minimum atomic E-state index is -0.393. The average molecular weight is 259 g/mol. The topological polar surface area (TPSA) is 41.9 Å². The van der Waals surface area contributed by atoms with Crippen LogP contribution >= 0.6 is 0 Å². The first-order chi connectivity index (χ1) is 8.72. The van der Waals surface area contributed by atoms with Gasteiger partial charge in [0, 0.05) is 26.3 Å². The SMILES string of the molecule is CCCCOCC(O)CN(C)CCOCC1CC1. The molecule has 0 bridgehead atoms. The zero-order valence-corrected chi connectivity index (χ0v) is 11.9. The highest BCUT2D eigenvalue weighted by atomic mass is 16.5. The zero-order chi connectivity index (χ0) is 13.2. The van der Waals surface area contributed by atoms with Crippen LogP contribution in [-0.4, -0.2) is 62.7 Å². The van der Waals surface area contributed by atoms with Gasteiger partial charge in [0.05, 0.1) is 19.3 Å². The fraction of sp³-hybridized carbons (Fsp3) is 1.00. The molecule has 0 aromatic heterocycles. The standard InChI is InChI=1S/C14H29NO3/c1-3-4-8-17-12-14(16)10-15(2)7-9-18-11-13-5-6-13/h13-14,16H,3-12H2,1-2H3. The van der Waals surface area contributed by atoms with Crippen molar-refractivity contribution in [3.05, 3.63) is 0 Å². The fourth-order valence-electron chi connectivity index (χ4n) is 1.72. The number of nitrogens with zero attached hydrogens (tertiary/aromatic N) is 1. The second-order valence-corrected chi connectivity index (χ2v) is 5.36. The Labute approximate surface area is 111 Å². The number of hydrogen-bond donors (Lipinski definition) is 1. The van der Waals surface area contributed by atoms with E-state index in [0.717, 1.165) is 45.1 Å². The Morgan fingerprint density at radius 3 is 2.72 bits per heavy atom. The summed E-state index contributed by atoms with van der Waals surface area (Å²) in [7, 11) is 2.01. The molecule has 1 atom stereocenters. The van der Waals surface area contributed by atoms with Gasteiger partial charge in [-0.05, 0) is 32.2 Å². The van der Waals surface area contributed by atoms with E-state index in [2.05, 4.69) is 11.8 Å². The van der Waals surface area contributed by atoms with Crippen LogP contribution in [0.4, 0.5) is 0 Å². The number of unbranched alkanes of at least 4 members (excludes halogenated alkanes) is 1. The summed E-state index contributed by atoms with van der Waals surface area (Å²) in [4.78, 5) is 2.10. The highest BCUT2D eigenvalue weighted by Gasteiger charge is 2.21. The molecule has 4 heteroatoms. The van der Waals surface area contributed by atoms with Gasteiger partial charge in [0.1, 0.15) is 0 Å². The van der Waals surface area contributed by atoms with Crippen molar-refractivity contribution in [3.8, 4) is 0 Å². The molecular weight excluding hydrogens is 230 g/mol. The van der Waals surface area contributed by atoms with E-state index in [9.17, 15) is 5.11 Å². The van der Waals surface area contributed by atoms with E-state index in [-0.39, 0.29) is 0 Å². The van der Waals surface area contributed by atoms with Crippen molar-refractivity contribution in [1.29, 1.82) is 0 Å². The summed E-state index contributed by atoms with van der Waals surface area (Å²) in [6, 6.07) is 0. The molecule has 1 N–H and O–H groups in total. The van der Waals surface area contributed by atoms with Crippen LogP contribution in [0.15, 0.2) is 0 Å². The molecule has 18 heavy (non-hydrogen) atoms. The highest BCUT2D eigenvalue weighted by molar-refractivity contribution is 4.72. The molecule has 0 spiro atoms. The van der Waals surface area contributed by atoms with Crippen LogP contribution in [0.25, 0.3) is 0 Å². The molecule has 1 unspecified atom stereocenters. The van der Waals surface area contributed by atoms with E-state index in [1.165, 1.54) is 12.8 Å². The Morgan fingerprint density at radius 1 is 1.28 bits per heavy atom. The molecule has 1 aliphatic carbocycles. The van der Waals surface area contributed by atoms with Crippen LogP contribution in [0, 0.1) is 5.92 Å². The molecule has 0 saturated heterocycles. The molecule has 0 radical (unpaired) electrons. The van der Waals surface area contributed by atoms with Gasteiger partial charge in [-0.3, -0.25) is 0 Å². The summed E-state index contributed by atoms with van der Waals surface area (Å²) in [5.41, 5.74) is 0. The summed E-state index contributed by atoms with van der Waals surface area (Å²) in [6.07, 6.45) is 4.48. The molecule has 1 aliphatic rings. The Morgan fingerprint density at radius 2 is 2.06 bits per heavy atom. The third kappa shape index (κ3) is 8.86. The van der Waals surface area contributed by atoms with Gasteiger partial charge in [-0.1, -0.05) is 13.3 Å². The molecule has 0 aromatic rings. The van der Waals surface area contributed by atoms with Crippen LogP contribution < -0.4 is 0 Å². The first-order valence-corrected chi connectivity index (χ1v) is 7.24. The number of ether oxygens (including phenoxy) is 2. The van der Waals surface area contributed by atoms with Crippen LogP contribution in [0.5, 0.6) is 0 Å². The number of hydrogen-bond acceptors (Lipinski definition) is 4. The van der Waals surface area contributed by atoms with Gasteiger partial charge in [-0.25, -0.2) is 0 Å². The van der Waals surface area contributed by atoms with E-state index in [0.29, 0.717) is 13.2 Å². The fourth-order valence-corrected chi connectivity index (χ4v) is 1.72. The van der Waals surface area contributed by atoms with E-state index >= 15 is 0 Å². The van der Waals surface area contributed by atoms with E-state index in [1.807, 2.05) is 7.05 Å². The Balaban J connectivity index is 1.87. The molecule has 108 valence electrons. The van der Waals surface area contributed by atoms with Gasteiger partial charge in [0.2, 0.25) is 0 Å².